The molecule has 0 saturated carbocycles. The lowest BCUT2D eigenvalue weighted by molar-refractivity contribution is -0.120. The molecule has 0 atom stereocenters. The zero-order valence-corrected chi connectivity index (χ0v) is 12.6. The molecule has 5 nitrogen and oxygen atoms in total. The fourth-order valence-corrected chi connectivity index (χ4v) is 2.41. The van der Waals surface area contributed by atoms with Crippen LogP contribution in [0.3, 0.4) is 0 Å². The molecule has 0 bridgehead atoms. The number of nitrogens with one attached hydrogen (secondary N) is 1. The van der Waals surface area contributed by atoms with E-state index in [2.05, 4.69) is 15.5 Å². The number of nitrogens with two attached hydrogens (primary N) is 1. The van der Waals surface area contributed by atoms with E-state index in [0.717, 1.165) is 17.0 Å². The van der Waals surface area contributed by atoms with E-state index in [1.54, 1.807) is 12.1 Å². The highest BCUT2D eigenvalue weighted by Crippen LogP contribution is 2.26. The summed E-state index contributed by atoms with van der Waals surface area (Å²) in [5.74, 6) is -0.110. The monoisotopic (exact) mass is 290 g/mol. The van der Waals surface area contributed by atoms with Crippen LogP contribution in [0.1, 0.15) is 31.3 Å². The SMILES string of the molecule is CCc1nnc(NC(=O)C(C)(C)c2ccc(N)cc2)s1. The summed E-state index contributed by atoms with van der Waals surface area (Å²) < 4.78 is 0. The van der Waals surface area contributed by atoms with Gasteiger partial charge in [0.05, 0.1) is 5.41 Å². The number of nitrogens with zero attached hydrogens (tertiary/aromatic N) is 2. The summed E-state index contributed by atoms with van der Waals surface area (Å²) in [6.07, 6.45) is 0.814. The number of hydrogen-bond acceptors (Lipinski definition) is 5. The molecule has 0 aliphatic heterocycles. The predicted octanol–water partition coefficient (Wildman–Crippen LogP) is 2.60. The van der Waals surface area contributed by atoms with Gasteiger partial charge in [-0.05, 0) is 38.0 Å². The Morgan fingerprint density at radius 2 is 1.95 bits per heavy atom. The van der Waals surface area contributed by atoms with Gasteiger partial charge in [-0.25, -0.2) is 0 Å². The van der Waals surface area contributed by atoms with Crippen molar-refractivity contribution in [3.05, 3.63) is 34.8 Å². The van der Waals surface area contributed by atoms with Gasteiger partial charge in [-0.15, -0.1) is 10.2 Å². The first kappa shape index (κ1) is 14.5. The van der Waals surface area contributed by atoms with Gasteiger partial charge in [-0.3, -0.25) is 10.1 Å². The molecule has 1 aromatic heterocycles. The highest BCUT2D eigenvalue weighted by Gasteiger charge is 2.30. The molecule has 3 N–H and O–H groups in total. The molecule has 0 radical (unpaired) electrons. The number of carbonyl (C=O) groups is 1. The molecular formula is C14H18N4OS. The number of nitrogen functional groups attached to an aromatic ring is 1. The van der Waals surface area contributed by atoms with Crippen LogP contribution in [0, 0.1) is 0 Å². The van der Waals surface area contributed by atoms with E-state index < -0.39 is 5.41 Å². The summed E-state index contributed by atoms with van der Waals surface area (Å²) in [5.41, 5.74) is 6.60. The summed E-state index contributed by atoms with van der Waals surface area (Å²) in [4.78, 5) is 12.4. The number of amides is 1. The first-order chi connectivity index (χ1) is 9.43. The van der Waals surface area contributed by atoms with Crippen molar-refractivity contribution in [3.63, 3.8) is 0 Å². The summed E-state index contributed by atoms with van der Waals surface area (Å²) >= 11 is 1.40. The first-order valence-electron chi connectivity index (χ1n) is 6.43. The number of rotatable bonds is 4. The van der Waals surface area contributed by atoms with Gasteiger partial charge in [0.2, 0.25) is 11.0 Å². The lowest BCUT2D eigenvalue weighted by atomic mass is 9.83. The minimum Gasteiger partial charge on any atom is -0.399 e. The van der Waals surface area contributed by atoms with Gasteiger partial charge in [-0.1, -0.05) is 30.4 Å². The summed E-state index contributed by atoms with van der Waals surface area (Å²) in [5, 5.41) is 12.2. The van der Waals surface area contributed by atoms with Gasteiger partial charge in [0, 0.05) is 5.69 Å². The number of aryl methyl sites for hydroxylation is 1. The largest absolute Gasteiger partial charge is 0.399 e. The Kier molecular flexibility index (Phi) is 4.04. The van der Waals surface area contributed by atoms with Crippen LogP contribution in [0.5, 0.6) is 0 Å². The normalized spacial score (nSPS) is 11.3. The Morgan fingerprint density at radius 3 is 2.50 bits per heavy atom. The highest BCUT2D eigenvalue weighted by molar-refractivity contribution is 7.15. The van der Waals surface area contributed by atoms with Crippen LogP contribution in [0.15, 0.2) is 24.3 Å². The number of aromatic nitrogens is 2. The summed E-state index contributed by atoms with van der Waals surface area (Å²) in [7, 11) is 0. The summed E-state index contributed by atoms with van der Waals surface area (Å²) in [6, 6.07) is 7.33. The van der Waals surface area contributed by atoms with Crippen LogP contribution in [0.4, 0.5) is 10.8 Å². The third-order valence-corrected chi connectivity index (χ3v) is 4.17. The van der Waals surface area contributed by atoms with Crippen molar-refractivity contribution in [1.82, 2.24) is 10.2 Å². The van der Waals surface area contributed by atoms with E-state index in [0.29, 0.717) is 10.8 Å². The number of benzene rings is 1. The van der Waals surface area contributed by atoms with E-state index >= 15 is 0 Å². The van der Waals surface area contributed by atoms with Crippen molar-refractivity contribution in [2.24, 2.45) is 0 Å². The Morgan fingerprint density at radius 1 is 1.30 bits per heavy atom. The quantitative estimate of drug-likeness (QED) is 0.848. The molecule has 0 aliphatic carbocycles. The van der Waals surface area contributed by atoms with Crippen molar-refractivity contribution < 1.29 is 4.79 Å². The highest BCUT2D eigenvalue weighted by atomic mass is 32.1. The standard InChI is InChI=1S/C14H18N4OS/c1-4-11-17-18-13(20-11)16-12(19)14(2,3)9-5-7-10(15)8-6-9/h5-8H,4,15H2,1-3H3,(H,16,18,19). The Bertz CT molecular complexity index is 604. The van der Waals surface area contributed by atoms with E-state index in [-0.39, 0.29) is 5.91 Å². The van der Waals surface area contributed by atoms with Crippen LogP contribution in [-0.4, -0.2) is 16.1 Å². The third-order valence-electron chi connectivity index (χ3n) is 3.19. The van der Waals surface area contributed by atoms with Crippen molar-refractivity contribution in [2.45, 2.75) is 32.6 Å². The van der Waals surface area contributed by atoms with E-state index in [1.807, 2.05) is 32.9 Å². The van der Waals surface area contributed by atoms with Crippen molar-refractivity contribution >= 4 is 28.1 Å². The molecule has 0 saturated heterocycles. The average molecular weight is 290 g/mol. The second-order valence-electron chi connectivity index (χ2n) is 5.06. The van der Waals surface area contributed by atoms with Gasteiger partial charge in [0.25, 0.3) is 0 Å². The van der Waals surface area contributed by atoms with Crippen LogP contribution in [0.2, 0.25) is 0 Å². The molecule has 6 heteroatoms. The van der Waals surface area contributed by atoms with Crippen LogP contribution < -0.4 is 11.1 Å². The molecule has 20 heavy (non-hydrogen) atoms. The van der Waals surface area contributed by atoms with Crippen molar-refractivity contribution in [2.75, 3.05) is 11.1 Å². The molecule has 0 spiro atoms. The minimum atomic E-state index is -0.661. The average Bonchev–Trinajstić information content (AvgIpc) is 2.87. The maximum absolute atomic E-state index is 12.4. The van der Waals surface area contributed by atoms with E-state index in [4.69, 9.17) is 5.73 Å². The van der Waals surface area contributed by atoms with Gasteiger partial charge >= 0.3 is 0 Å². The molecule has 0 fully saturated rings. The van der Waals surface area contributed by atoms with E-state index in [1.165, 1.54) is 11.3 Å². The Balaban J connectivity index is 2.16. The van der Waals surface area contributed by atoms with Crippen molar-refractivity contribution in [3.8, 4) is 0 Å². The zero-order valence-electron chi connectivity index (χ0n) is 11.8. The maximum atomic E-state index is 12.4. The molecule has 1 heterocycles. The second kappa shape index (κ2) is 5.58. The van der Waals surface area contributed by atoms with E-state index in [9.17, 15) is 4.79 Å². The zero-order chi connectivity index (χ0) is 14.8. The smallest absolute Gasteiger partial charge is 0.236 e. The summed E-state index contributed by atoms with van der Waals surface area (Å²) in [6.45, 7) is 5.75. The number of anilines is 2. The van der Waals surface area contributed by atoms with Gasteiger partial charge in [0.15, 0.2) is 0 Å². The van der Waals surface area contributed by atoms with Gasteiger partial charge in [-0.2, -0.15) is 0 Å². The van der Waals surface area contributed by atoms with Crippen molar-refractivity contribution in [1.29, 1.82) is 0 Å². The number of carbonyl (C=O) groups excluding carboxylic acids is 1. The topological polar surface area (TPSA) is 80.9 Å². The first-order valence-corrected chi connectivity index (χ1v) is 7.25. The maximum Gasteiger partial charge on any atom is 0.236 e. The molecule has 106 valence electrons. The molecule has 1 aromatic carbocycles. The molecule has 1 amide bonds. The molecule has 0 aliphatic rings. The lowest BCUT2D eigenvalue weighted by Gasteiger charge is -2.23. The second-order valence-corrected chi connectivity index (χ2v) is 6.12. The lowest BCUT2D eigenvalue weighted by Crippen LogP contribution is -2.34. The molecular weight excluding hydrogens is 272 g/mol. The van der Waals surface area contributed by atoms with Crippen LogP contribution in [0.25, 0.3) is 0 Å². The van der Waals surface area contributed by atoms with Crippen LogP contribution in [-0.2, 0) is 16.6 Å². The predicted molar refractivity (Wildman–Crippen MR) is 81.8 cm³/mol. The molecule has 2 rings (SSSR count). The fourth-order valence-electron chi connectivity index (χ4n) is 1.73. The number of hydrogen-bond donors (Lipinski definition) is 2. The third kappa shape index (κ3) is 2.96. The molecule has 2 aromatic rings. The Labute approximate surface area is 122 Å². The fraction of sp³-hybridized carbons (Fsp3) is 0.357. The molecule has 0 unspecified atom stereocenters. The minimum absolute atomic E-state index is 0.110. The van der Waals surface area contributed by atoms with Gasteiger partial charge < -0.3 is 5.73 Å². The van der Waals surface area contributed by atoms with Gasteiger partial charge in [0.1, 0.15) is 5.01 Å². The Hall–Kier alpha value is -1.95. The van der Waals surface area contributed by atoms with Crippen LogP contribution >= 0.6 is 11.3 Å².